The molecule has 0 radical (unpaired) electrons. The van der Waals surface area contributed by atoms with E-state index in [4.69, 9.17) is 0 Å². The largest absolute Gasteiger partial charge is 0.383 e. The van der Waals surface area contributed by atoms with Crippen molar-refractivity contribution in [1.82, 2.24) is 10.3 Å². The van der Waals surface area contributed by atoms with Crippen LogP contribution in [0.3, 0.4) is 0 Å². The molecular formula is C30H50N4O2. The van der Waals surface area contributed by atoms with Crippen molar-refractivity contribution < 1.29 is 4.79 Å². The first kappa shape index (κ1) is 29.9. The van der Waals surface area contributed by atoms with E-state index in [0.29, 0.717) is 19.5 Å². The third kappa shape index (κ3) is 13.1. The van der Waals surface area contributed by atoms with Gasteiger partial charge in [0.05, 0.1) is 6.54 Å². The molecular weight excluding hydrogens is 448 g/mol. The second-order valence-electron chi connectivity index (χ2n) is 10.2. The number of benzene rings is 1. The lowest BCUT2D eigenvalue weighted by Crippen LogP contribution is -2.25. The number of aromatic nitrogens is 1. The molecule has 202 valence electrons. The second-order valence-corrected chi connectivity index (χ2v) is 10.2. The number of nitroso groups, excluding NO2 is 1. The summed E-state index contributed by atoms with van der Waals surface area (Å²) in [6.45, 7) is 3.71. The van der Waals surface area contributed by atoms with E-state index in [1.165, 1.54) is 89.0 Å². The number of rotatable bonds is 23. The molecule has 2 aromatic rings. The normalized spacial score (nSPS) is 11.1. The number of unbranched alkanes of at least 4 members (excludes halogenated alkanes) is 14. The number of fused-ring (bicyclic) bond motifs is 1. The van der Waals surface area contributed by atoms with Crippen LogP contribution in [0.1, 0.15) is 115 Å². The van der Waals surface area contributed by atoms with E-state index in [-0.39, 0.29) is 12.5 Å². The average molecular weight is 499 g/mol. The van der Waals surface area contributed by atoms with E-state index in [9.17, 15) is 9.70 Å². The van der Waals surface area contributed by atoms with Crippen LogP contribution in [0.25, 0.3) is 10.9 Å². The Balaban J connectivity index is 1.44. The van der Waals surface area contributed by atoms with Gasteiger partial charge in [0.15, 0.2) is 0 Å². The van der Waals surface area contributed by atoms with Gasteiger partial charge in [-0.2, -0.15) is 4.91 Å². The fourth-order valence-corrected chi connectivity index (χ4v) is 4.82. The summed E-state index contributed by atoms with van der Waals surface area (Å²) in [7, 11) is 0. The molecule has 0 saturated carbocycles. The molecule has 36 heavy (non-hydrogen) atoms. The molecule has 1 aromatic carbocycles. The highest BCUT2D eigenvalue weighted by Crippen LogP contribution is 2.22. The minimum Gasteiger partial charge on any atom is -0.383 e. The van der Waals surface area contributed by atoms with Crippen LogP contribution >= 0.6 is 0 Å². The molecule has 1 aromatic heterocycles. The van der Waals surface area contributed by atoms with Crippen molar-refractivity contribution in [3.8, 4) is 0 Å². The number of nitrogens with one attached hydrogen (secondary N) is 3. The Hall–Kier alpha value is -2.37. The van der Waals surface area contributed by atoms with Gasteiger partial charge in [0.1, 0.15) is 0 Å². The van der Waals surface area contributed by atoms with Crippen molar-refractivity contribution >= 4 is 22.5 Å². The number of hydrogen-bond acceptors (Lipinski definition) is 4. The van der Waals surface area contributed by atoms with Gasteiger partial charge in [0.25, 0.3) is 0 Å². The summed E-state index contributed by atoms with van der Waals surface area (Å²) >= 11 is 0. The number of nitrogens with zero attached hydrogens (tertiary/aromatic N) is 1. The molecule has 0 saturated heterocycles. The van der Waals surface area contributed by atoms with Crippen molar-refractivity contribution in [3.05, 3.63) is 34.9 Å². The summed E-state index contributed by atoms with van der Waals surface area (Å²) < 4.78 is 0. The van der Waals surface area contributed by atoms with Gasteiger partial charge >= 0.3 is 0 Å². The lowest BCUT2D eigenvalue weighted by atomic mass is 10.0. The van der Waals surface area contributed by atoms with Gasteiger partial charge in [-0.05, 0) is 36.6 Å². The lowest BCUT2D eigenvalue weighted by molar-refractivity contribution is -0.121. The highest BCUT2D eigenvalue weighted by atomic mass is 16.3. The van der Waals surface area contributed by atoms with Gasteiger partial charge in [-0.1, -0.05) is 102 Å². The van der Waals surface area contributed by atoms with Gasteiger partial charge in [0.2, 0.25) is 5.91 Å². The van der Waals surface area contributed by atoms with Crippen LogP contribution < -0.4 is 10.6 Å². The molecule has 1 amide bonds. The summed E-state index contributed by atoms with van der Waals surface area (Å²) in [6.07, 6.45) is 23.5. The first-order valence-electron chi connectivity index (χ1n) is 14.6. The molecule has 3 N–H and O–H groups in total. The quantitative estimate of drug-likeness (QED) is 0.106. The third-order valence-corrected chi connectivity index (χ3v) is 7.02. The first-order valence-corrected chi connectivity index (χ1v) is 14.6. The summed E-state index contributed by atoms with van der Waals surface area (Å²) in [5, 5.41) is 10.3. The monoisotopic (exact) mass is 498 g/mol. The Morgan fingerprint density at radius 1 is 0.833 bits per heavy atom. The minimum absolute atomic E-state index is 0.160. The fraction of sp³-hybridized carbons (Fsp3) is 0.700. The first-order chi connectivity index (χ1) is 17.7. The highest BCUT2D eigenvalue weighted by molar-refractivity contribution is 5.86. The highest BCUT2D eigenvalue weighted by Gasteiger charge is 2.06. The number of carbonyl (C=O) groups excluding carboxylic acids is 1. The van der Waals surface area contributed by atoms with Gasteiger partial charge in [-0.15, -0.1) is 0 Å². The summed E-state index contributed by atoms with van der Waals surface area (Å²) in [4.78, 5) is 25.8. The number of aromatic amines is 1. The SMILES string of the molecule is CCCCCCCCCCCCCCCCCC(=O)NCCc1c[nH]c2ccc(NCCN=O)cc12. The van der Waals surface area contributed by atoms with E-state index in [1.54, 1.807) is 0 Å². The topological polar surface area (TPSA) is 86.3 Å². The minimum atomic E-state index is 0.160. The van der Waals surface area contributed by atoms with Crippen LogP contribution in [-0.4, -0.2) is 30.5 Å². The summed E-state index contributed by atoms with van der Waals surface area (Å²) in [5.74, 6) is 0.160. The molecule has 6 nitrogen and oxygen atoms in total. The van der Waals surface area contributed by atoms with E-state index in [2.05, 4.69) is 33.8 Å². The van der Waals surface area contributed by atoms with Gasteiger partial charge in [0, 0.05) is 42.3 Å². The number of H-pyrrole nitrogens is 1. The van der Waals surface area contributed by atoms with Crippen molar-refractivity contribution in [2.24, 2.45) is 5.18 Å². The third-order valence-electron chi connectivity index (χ3n) is 7.02. The second kappa shape index (κ2) is 19.8. The molecule has 6 heteroatoms. The van der Waals surface area contributed by atoms with Gasteiger partial charge in [-0.3, -0.25) is 4.79 Å². The van der Waals surface area contributed by atoms with E-state index in [0.717, 1.165) is 35.9 Å². The zero-order chi connectivity index (χ0) is 25.7. The molecule has 1 heterocycles. The molecule has 0 aliphatic heterocycles. The average Bonchev–Trinajstić information content (AvgIpc) is 3.28. The maximum Gasteiger partial charge on any atom is 0.220 e. The Morgan fingerprint density at radius 2 is 1.44 bits per heavy atom. The Morgan fingerprint density at radius 3 is 2.06 bits per heavy atom. The van der Waals surface area contributed by atoms with Crippen LogP contribution in [0, 0.1) is 4.91 Å². The summed E-state index contributed by atoms with van der Waals surface area (Å²) in [5.41, 5.74) is 3.24. The number of hydrogen-bond donors (Lipinski definition) is 3. The maximum atomic E-state index is 12.2. The molecule has 0 atom stereocenters. The van der Waals surface area contributed by atoms with E-state index >= 15 is 0 Å². The maximum absolute atomic E-state index is 12.2. The zero-order valence-corrected chi connectivity index (χ0v) is 22.7. The van der Waals surface area contributed by atoms with Crippen LogP contribution in [0.4, 0.5) is 5.69 Å². The van der Waals surface area contributed by atoms with Crippen molar-refractivity contribution in [3.63, 3.8) is 0 Å². The predicted octanol–water partition coefficient (Wildman–Crippen LogP) is 8.27. The Kier molecular flexibility index (Phi) is 16.4. The number of amides is 1. The molecule has 0 bridgehead atoms. The predicted molar refractivity (Wildman–Crippen MR) is 154 cm³/mol. The molecule has 0 unspecified atom stereocenters. The standard InChI is InChI=1S/C30H50N4O2/c1-2-3-4-5-6-7-8-9-10-11-12-13-14-15-16-17-30(35)32-21-20-26-25-33-29-19-18-27(24-28(26)29)31-22-23-34-36/h18-19,24-25,31,33H,2-17,20-23H2,1H3,(H,32,35). The van der Waals surface area contributed by atoms with Crippen molar-refractivity contribution in [2.45, 2.75) is 116 Å². The van der Waals surface area contributed by atoms with Gasteiger partial charge < -0.3 is 15.6 Å². The van der Waals surface area contributed by atoms with E-state index in [1.807, 2.05) is 18.3 Å². The summed E-state index contributed by atoms with van der Waals surface area (Å²) in [6, 6.07) is 6.11. The Bertz CT molecular complexity index is 849. The van der Waals surface area contributed by atoms with Crippen LogP contribution in [0.15, 0.2) is 29.6 Å². The molecule has 0 fully saturated rings. The van der Waals surface area contributed by atoms with Crippen LogP contribution in [0.5, 0.6) is 0 Å². The molecule has 0 spiro atoms. The number of anilines is 1. The van der Waals surface area contributed by atoms with Crippen molar-refractivity contribution in [1.29, 1.82) is 0 Å². The van der Waals surface area contributed by atoms with Crippen molar-refractivity contribution in [2.75, 3.05) is 25.0 Å². The molecule has 0 aliphatic rings. The Labute approximate surface area is 218 Å². The number of carbonyl (C=O) groups is 1. The van der Waals surface area contributed by atoms with Gasteiger partial charge in [-0.25, -0.2) is 0 Å². The van der Waals surface area contributed by atoms with Crippen LogP contribution in [0.2, 0.25) is 0 Å². The van der Waals surface area contributed by atoms with E-state index < -0.39 is 0 Å². The lowest BCUT2D eigenvalue weighted by Gasteiger charge is -2.07. The molecule has 2 rings (SSSR count). The fourth-order valence-electron chi connectivity index (χ4n) is 4.82. The van der Waals surface area contributed by atoms with Crippen LogP contribution in [-0.2, 0) is 11.2 Å². The molecule has 0 aliphatic carbocycles. The smallest absolute Gasteiger partial charge is 0.220 e. The zero-order valence-electron chi connectivity index (χ0n) is 22.7.